The van der Waals surface area contributed by atoms with Crippen LogP contribution in [-0.4, -0.2) is 32.3 Å². The minimum Gasteiger partial charge on any atom is -0.478 e. The zero-order chi connectivity index (χ0) is 9.97. The molecule has 0 radical (unpaired) electrons. The Morgan fingerprint density at radius 1 is 1.57 bits per heavy atom. The summed E-state index contributed by atoms with van der Waals surface area (Å²) < 4.78 is 10.2. The van der Waals surface area contributed by atoms with Crippen LogP contribution in [0.1, 0.15) is 9.67 Å². The summed E-state index contributed by atoms with van der Waals surface area (Å²) in [4.78, 5) is 11.7. The molecule has 1 fully saturated rings. The normalized spacial score (nSPS) is 16.1. The molecule has 1 aliphatic heterocycles. The monoisotopic (exact) mass is 213 g/mol. The Hall–Kier alpha value is -1.07. The number of carbonyl (C=O) groups excluding carboxylic acids is 1. The predicted octanol–water partition coefficient (Wildman–Crippen LogP) is 0.885. The van der Waals surface area contributed by atoms with E-state index < -0.39 is 0 Å². The van der Waals surface area contributed by atoms with Crippen LogP contribution in [0.15, 0.2) is 12.1 Å². The van der Waals surface area contributed by atoms with Gasteiger partial charge in [-0.25, -0.2) is 4.79 Å². The van der Waals surface area contributed by atoms with E-state index in [-0.39, 0.29) is 12.1 Å². The highest BCUT2D eigenvalue weighted by Crippen LogP contribution is 2.26. The van der Waals surface area contributed by atoms with E-state index in [1.807, 2.05) is 0 Å². The maximum atomic E-state index is 11.1. The van der Waals surface area contributed by atoms with Crippen LogP contribution >= 0.6 is 11.3 Å². The summed E-state index contributed by atoms with van der Waals surface area (Å²) in [6.45, 7) is 1.76. The molecule has 0 unspecified atom stereocenters. The molecule has 76 valence electrons. The number of thiophene rings is 1. The quantitative estimate of drug-likeness (QED) is 0.757. The van der Waals surface area contributed by atoms with E-state index in [1.54, 1.807) is 12.1 Å². The van der Waals surface area contributed by atoms with Crippen molar-refractivity contribution in [3.05, 3.63) is 17.0 Å². The fourth-order valence-electron chi connectivity index (χ4n) is 1.10. The van der Waals surface area contributed by atoms with Gasteiger partial charge in [-0.1, -0.05) is 11.3 Å². The zero-order valence-electron chi connectivity index (χ0n) is 7.78. The van der Waals surface area contributed by atoms with Crippen LogP contribution in [0.25, 0.3) is 0 Å². The van der Waals surface area contributed by atoms with Crippen LogP contribution in [0.3, 0.4) is 0 Å². The molecule has 0 atom stereocenters. The molecule has 2 rings (SSSR count). The molecule has 0 spiro atoms. The first-order valence-corrected chi connectivity index (χ1v) is 5.17. The van der Waals surface area contributed by atoms with Gasteiger partial charge in [0.25, 0.3) is 0 Å². The van der Waals surface area contributed by atoms with Gasteiger partial charge in [0.15, 0.2) is 5.06 Å². The molecule has 4 nitrogen and oxygen atoms in total. The topological polar surface area (TPSA) is 47.6 Å². The van der Waals surface area contributed by atoms with Gasteiger partial charge in [0, 0.05) is 13.1 Å². The Balaban J connectivity index is 1.98. The van der Waals surface area contributed by atoms with Crippen molar-refractivity contribution in [3.8, 4) is 5.06 Å². The average molecular weight is 213 g/mol. The van der Waals surface area contributed by atoms with Gasteiger partial charge in [-0.15, -0.1) is 0 Å². The molecule has 0 aliphatic carbocycles. The second-order valence-electron chi connectivity index (χ2n) is 3.01. The van der Waals surface area contributed by atoms with Gasteiger partial charge in [-0.3, -0.25) is 0 Å². The van der Waals surface area contributed by atoms with E-state index in [2.05, 4.69) is 10.1 Å². The van der Waals surface area contributed by atoms with E-state index in [4.69, 9.17) is 4.74 Å². The SMILES string of the molecule is COC(=O)c1ccc(OC2CNC2)s1. The van der Waals surface area contributed by atoms with Gasteiger partial charge < -0.3 is 14.8 Å². The van der Waals surface area contributed by atoms with Gasteiger partial charge >= 0.3 is 5.97 Å². The maximum Gasteiger partial charge on any atom is 0.348 e. The van der Waals surface area contributed by atoms with Crippen LogP contribution < -0.4 is 10.1 Å². The highest BCUT2D eigenvalue weighted by Gasteiger charge is 2.19. The van der Waals surface area contributed by atoms with Gasteiger partial charge in [0.2, 0.25) is 0 Å². The van der Waals surface area contributed by atoms with Crippen LogP contribution in [0.2, 0.25) is 0 Å². The molecule has 1 N–H and O–H groups in total. The molecule has 1 aromatic heterocycles. The molecule has 0 amide bonds. The van der Waals surface area contributed by atoms with E-state index >= 15 is 0 Å². The summed E-state index contributed by atoms with van der Waals surface area (Å²) >= 11 is 1.32. The number of hydrogen-bond acceptors (Lipinski definition) is 5. The minimum absolute atomic E-state index is 0.249. The minimum atomic E-state index is -0.309. The fourth-order valence-corrected chi connectivity index (χ4v) is 1.94. The van der Waals surface area contributed by atoms with E-state index in [0.29, 0.717) is 4.88 Å². The Labute approximate surface area is 85.8 Å². The van der Waals surface area contributed by atoms with Crippen LogP contribution in [0, 0.1) is 0 Å². The molecular weight excluding hydrogens is 202 g/mol. The molecule has 2 heterocycles. The molecule has 1 aliphatic rings. The third-order valence-corrected chi connectivity index (χ3v) is 2.95. The zero-order valence-corrected chi connectivity index (χ0v) is 8.60. The first kappa shape index (κ1) is 9.48. The smallest absolute Gasteiger partial charge is 0.348 e. The summed E-state index contributed by atoms with van der Waals surface area (Å²) in [7, 11) is 1.37. The summed E-state index contributed by atoms with van der Waals surface area (Å²) in [5, 5.41) is 3.89. The number of methoxy groups -OCH3 is 1. The van der Waals surface area contributed by atoms with E-state index in [9.17, 15) is 4.79 Å². The first-order chi connectivity index (χ1) is 6.79. The van der Waals surface area contributed by atoms with Crippen LogP contribution in [0.5, 0.6) is 5.06 Å². The molecule has 1 saturated heterocycles. The number of rotatable bonds is 3. The molecule has 14 heavy (non-hydrogen) atoms. The summed E-state index contributed by atoms with van der Waals surface area (Å²) in [6.07, 6.45) is 0.249. The Morgan fingerprint density at radius 3 is 2.93 bits per heavy atom. The highest BCUT2D eigenvalue weighted by atomic mass is 32.1. The summed E-state index contributed by atoms with van der Waals surface area (Å²) in [5.41, 5.74) is 0. The Kier molecular flexibility index (Phi) is 2.69. The van der Waals surface area contributed by atoms with Crippen molar-refractivity contribution in [2.24, 2.45) is 0 Å². The second kappa shape index (κ2) is 3.98. The third-order valence-electron chi connectivity index (χ3n) is 1.99. The van der Waals surface area contributed by atoms with Crippen molar-refractivity contribution < 1.29 is 14.3 Å². The number of esters is 1. The van der Waals surface area contributed by atoms with Crippen LogP contribution in [-0.2, 0) is 4.74 Å². The van der Waals surface area contributed by atoms with Gasteiger partial charge in [0.1, 0.15) is 11.0 Å². The molecule has 1 aromatic rings. The maximum absolute atomic E-state index is 11.1. The lowest BCUT2D eigenvalue weighted by Crippen LogP contribution is -2.50. The fraction of sp³-hybridized carbons (Fsp3) is 0.444. The number of hydrogen-bond donors (Lipinski definition) is 1. The average Bonchev–Trinajstić information content (AvgIpc) is 2.58. The van der Waals surface area contributed by atoms with Gasteiger partial charge in [0.05, 0.1) is 7.11 Å². The lowest BCUT2D eigenvalue weighted by Gasteiger charge is -2.26. The first-order valence-electron chi connectivity index (χ1n) is 4.35. The predicted molar refractivity (Wildman–Crippen MR) is 52.9 cm³/mol. The largest absolute Gasteiger partial charge is 0.478 e. The number of carbonyl (C=O) groups is 1. The number of ether oxygens (including phenoxy) is 2. The number of nitrogens with one attached hydrogen (secondary N) is 1. The Morgan fingerprint density at radius 2 is 2.36 bits per heavy atom. The van der Waals surface area contributed by atoms with E-state index in [1.165, 1.54) is 18.4 Å². The van der Waals surface area contributed by atoms with Crippen LogP contribution in [0.4, 0.5) is 0 Å². The van der Waals surface area contributed by atoms with Crippen molar-refractivity contribution in [1.29, 1.82) is 0 Å². The standard InChI is InChI=1S/C9H11NO3S/c1-12-9(11)7-2-3-8(14-7)13-6-4-10-5-6/h2-3,6,10H,4-5H2,1H3. The van der Waals surface area contributed by atoms with Gasteiger partial charge in [-0.2, -0.15) is 0 Å². The van der Waals surface area contributed by atoms with Crippen molar-refractivity contribution in [2.75, 3.05) is 20.2 Å². The lowest BCUT2D eigenvalue weighted by molar-refractivity contribution is 0.0606. The summed E-state index contributed by atoms with van der Waals surface area (Å²) in [5.74, 6) is -0.309. The van der Waals surface area contributed by atoms with Crippen molar-refractivity contribution in [1.82, 2.24) is 5.32 Å². The summed E-state index contributed by atoms with van der Waals surface area (Å²) in [6, 6.07) is 3.52. The van der Waals surface area contributed by atoms with Gasteiger partial charge in [-0.05, 0) is 12.1 Å². The molecule has 0 saturated carbocycles. The highest BCUT2D eigenvalue weighted by molar-refractivity contribution is 7.15. The third kappa shape index (κ3) is 1.88. The molecular formula is C9H11NO3S. The molecule has 0 aromatic carbocycles. The van der Waals surface area contributed by atoms with Crippen molar-refractivity contribution >= 4 is 17.3 Å². The Bertz CT molecular complexity index is 333. The van der Waals surface area contributed by atoms with E-state index in [0.717, 1.165) is 18.2 Å². The van der Waals surface area contributed by atoms with Crippen molar-refractivity contribution in [2.45, 2.75) is 6.10 Å². The lowest BCUT2D eigenvalue weighted by atomic mass is 10.2. The molecule has 5 heteroatoms. The van der Waals surface area contributed by atoms with Crippen molar-refractivity contribution in [3.63, 3.8) is 0 Å². The second-order valence-corrected chi connectivity index (χ2v) is 4.05. The molecule has 0 bridgehead atoms.